The molecule has 0 bridgehead atoms. The lowest BCUT2D eigenvalue weighted by Crippen LogP contribution is -2.38. The van der Waals surface area contributed by atoms with Crippen LogP contribution in [0.3, 0.4) is 0 Å². The lowest BCUT2D eigenvalue weighted by Gasteiger charge is -2.20. The second-order valence-electron chi connectivity index (χ2n) is 4.55. The number of nitrogens with two attached hydrogens (primary N) is 1. The van der Waals surface area contributed by atoms with E-state index in [1.807, 2.05) is 0 Å². The Labute approximate surface area is 107 Å². The Bertz CT molecular complexity index is 357. The Morgan fingerprint density at radius 3 is 2.71 bits per heavy atom. The average Bonchev–Trinajstić information content (AvgIpc) is 2.31. The van der Waals surface area contributed by atoms with E-state index in [0.717, 1.165) is 24.8 Å². The van der Waals surface area contributed by atoms with E-state index >= 15 is 0 Å². The maximum Gasteiger partial charge on any atom is 0.124 e. The Balaban J connectivity index is 2.67. The maximum atomic E-state index is 12.9. The van der Waals surface area contributed by atoms with Crippen LogP contribution in [-0.2, 0) is 6.42 Å². The highest BCUT2D eigenvalue weighted by molar-refractivity contribution is 6.31. The summed E-state index contributed by atoms with van der Waals surface area (Å²) in [6.45, 7) is 4.35. The molecular formula is C13H20ClFN2. The zero-order valence-corrected chi connectivity index (χ0v) is 11.1. The average molecular weight is 259 g/mol. The van der Waals surface area contributed by atoms with Gasteiger partial charge in [0.05, 0.1) is 0 Å². The number of rotatable bonds is 6. The topological polar surface area (TPSA) is 38.0 Å². The molecule has 0 amide bonds. The van der Waals surface area contributed by atoms with Crippen LogP contribution in [0.15, 0.2) is 18.2 Å². The predicted molar refractivity (Wildman–Crippen MR) is 70.3 cm³/mol. The second kappa shape index (κ2) is 6.94. The van der Waals surface area contributed by atoms with E-state index in [4.69, 9.17) is 17.4 Å². The van der Waals surface area contributed by atoms with Crippen molar-refractivity contribution in [2.75, 3.05) is 0 Å². The number of hydrazine groups is 1. The Morgan fingerprint density at radius 2 is 2.18 bits per heavy atom. The van der Waals surface area contributed by atoms with Gasteiger partial charge in [0.2, 0.25) is 0 Å². The fraction of sp³-hybridized carbons (Fsp3) is 0.538. The van der Waals surface area contributed by atoms with E-state index in [0.29, 0.717) is 10.9 Å². The molecule has 2 nitrogen and oxygen atoms in total. The summed E-state index contributed by atoms with van der Waals surface area (Å²) < 4.78 is 12.9. The van der Waals surface area contributed by atoms with Crippen molar-refractivity contribution >= 4 is 11.6 Å². The van der Waals surface area contributed by atoms with Gasteiger partial charge in [0.25, 0.3) is 0 Å². The number of nitrogens with one attached hydrogen (secondary N) is 1. The predicted octanol–water partition coefficient (Wildman–Crippen LogP) is 3.29. The first-order chi connectivity index (χ1) is 8.06. The minimum absolute atomic E-state index is 0.174. The quantitative estimate of drug-likeness (QED) is 0.607. The number of hydrogen-bond donors (Lipinski definition) is 2. The molecule has 1 rings (SSSR count). The van der Waals surface area contributed by atoms with Crippen LogP contribution in [0, 0.1) is 11.7 Å². The van der Waals surface area contributed by atoms with Gasteiger partial charge in [-0.15, -0.1) is 0 Å². The molecular weight excluding hydrogens is 239 g/mol. The summed E-state index contributed by atoms with van der Waals surface area (Å²) in [4.78, 5) is 0. The monoisotopic (exact) mass is 258 g/mol. The van der Waals surface area contributed by atoms with E-state index in [2.05, 4.69) is 19.3 Å². The van der Waals surface area contributed by atoms with Crippen molar-refractivity contribution in [1.82, 2.24) is 5.43 Å². The smallest absolute Gasteiger partial charge is 0.124 e. The maximum absolute atomic E-state index is 12.9. The molecule has 3 N–H and O–H groups in total. The van der Waals surface area contributed by atoms with Crippen LogP contribution in [0.25, 0.3) is 0 Å². The second-order valence-corrected chi connectivity index (χ2v) is 4.96. The van der Waals surface area contributed by atoms with Crippen LogP contribution in [0.2, 0.25) is 5.02 Å². The van der Waals surface area contributed by atoms with Gasteiger partial charge in [-0.1, -0.05) is 37.9 Å². The Hall–Kier alpha value is -0.640. The van der Waals surface area contributed by atoms with Gasteiger partial charge in [0.1, 0.15) is 5.82 Å². The van der Waals surface area contributed by atoms with Gasteiger partial charge in [-0.2, -0.15) is 0 Å². The minimum Gasteiger partial charge on any atom is -0.271 e. The molecule has 2 atom stereocenters. The standard InChI is InChI=1S/C13H20ClFN2/c1-3-9(2)6-12(17-16)7-10-4-5-11(15)8-13(10)14/h4-5,8-9,12,17H,3,6-7,16H2,1-2H3. The highest BCUT2D eigenvalue weighted by Gasteiger charge is 2.13. The van der Waals surface area contributed by atoms with E-state index < -0.39 is 0 Å². The molecule has 2 unspecified atom stereocenters. The molecule has 4 heteroatoms. The fourth-order valence-corrected chi connectivity index (χ4v) is 2.06. The van der Waals surface area contributed by atoms with Crippen LogP contribution >= 0.6 is 11.6 Å². The summed E-state index contributed by atoms with van der Waals surface area (Å²) in [7, 11) is 0. The molecule has 0 heterocycles. The largest absolute Gasteiger partial charge is 0.271 e. The van der Waals surface area contributed by atoms with E-state index in [1.54, 1.807) is 6.07 Å². The molecule has 0 saturated heterocycles. The van der Waals surface area contributed by atoms with Crippen LogP contribution in [-0.4, -0.2) is 6.04 Å². The molecule has 1 aromatic rings. The number of hydrogen-bond acceptors (Lipinski definition) is 2. The van der Waals surface area contributed by atoms with Crippen molar-refractivity contribution in [2.24, 2.45) is 11.8 Å². The van der Waals surface area contributed by atoms with E-state index in [-0.39, 0.29) is 11.9 Å². The third-order valence-electron chi connectivity index (χ3n) is 3.10. The summed E-state index contributed by atoms with van der Waals surface area (Å²) in [6, 6.07) is 4.66. The first-order valence-electron chi connectivity index (χ1n) is 5.96. The molecule has 0 aliphatic carbocycles. The Kier molecular flexibility index (Phi) is 5.89. The summed E-state index contributed by atoms with van der Waals surface area (Å²) in [5.41, 5.74) is 3.74. The lowest BCUT2D eigenvalue weighted by atomic mass is 9.95. The molecule has 96 valence electrons. The molecule has 17 heavy (non-hydrogen) atoms. The zero-order valence-electron chi connectivity index (χ0n) is 10.3. The molecule has 0 spiro atoms. The lowest BCUT2D eigenvalue weighted by molar-refractivity contribution is 0.396. The van der Waals surface area contributed by atoms with Gasteiger partial charge in [0, 0.05) is 11.1 Å². The molecule has 0 aliphatic heterocycles. The van der Waals surface area contributed by atoms with Crippen LogP contribution in [0.1, 0.15) is 32.3 Å². The number of halogens is 2. The first-order valence-corrected chi connectivity index (χ1v) is 6.34. The highest BCUT2D eigenvalue weighted by Crippen LogP contribution is 2.21. The summed E-state index contributed by atoms with van der Waals surface area (Å²) in [5.74, 6) is 5.84. The van der Waals surface area contributed by atoms with Gasteiger partial charge < -0.3 is 0 Å². The molecule has 0 aliphatic rings. The van der Waals surface area contributed by atoms with Crippen molar-refractivity contribution in [3.8, 4) is 0 Å². The third-order valence-corrected chi connectivity index (χ3v) is 3.45. The Morgan fingerprint density at radius 1 is 1.47 bits per heavy atom. The van der Waals surface area contributed by atoms with Crippen LogP contribution in [0.5, 0.6) is 0 Å². The van der Waals surface area contributed by atoms with Crippen LogP contribution < -0.4 is 11.3 Å². The van der Waals surface area contributed by atoms with Crippen molar-refractivity contribution in [3.63, 3.8) is 0 Å². The first kappa shape index (κ1) is 14.4. The molecule has 0 aromatic heterocycles. The SMILES string of the molecule is CCC(C)CC(Cc1ccc(F)cc1Cl)NN. The molecule has 1 aromatic carbocycles. The highest BCUT2D eigenvalue weighted by atomic mass is 35.5. The molecule has 0 radical (unpaired) electrons. The third kappa shape index (κ3) is 4.62. The van der Waals surface area contributed by atoms with Crippen LogP contribution in [0.4, 0.5) is 4.39 Å². The van der Waals surface area contributed by atoms with Gasteiger partial charge >= 0.3 is 0 Å². The van der Waals surface area contributed by atoms with E-state index in [1.165, 1.54) is 12.1 Å². The molecule has 0 saturated carbocycles. The van der Waals surface area contributed by atoms with Crippen molar-refractivity contribution in [2.45, 2.75) is 39.2 Å². The summed E-state index contributed by atoms with van der Waals surface area (Å²) in [6.07, 6.45) is 2.83. The number of benzene rings is 1. The van der Waals surface area contributed by atoms with Crippen molar-refractivity contribution < 1.29 is 4.39 Å². The summed E-state index contributed by atoms with van der Waals surface area (Å²) in [5, 5.41) is 0.467. The normalized spacial score (nSPS) is 14.6. The van der Waals surface area contributed by atoms with Gasteiger partial charge in [-0.3, -0.25) is 11.3 Å². The van der Waals surface area contributed by atoms with Crippen molar-refractivity contribution in [3.05, 3.63) is 34.6 Å². The van der Waals surface area contributed by atoms with Crippen molar-refractivity contribution in [1.29, 1.82) is 0 Å². The molecule has 0 fully saturated rings. The van der Waals surface area contributed by atoms with Gasteiger partial charge in [-0.05, 0) is 36.5 Å². The van der Waals surface area contributed by atoms with Gasteiger partial charge in [0.15, 0.2) is 0 Å². The van der Waals surface area contributed by atoms with Gasteiger partial charge in [-0.25, -0.2) is 4.39 Å². The summed E-state index contributed by atoms with van der Waals surface area (Å²) >= 11 is 5.99. The fourth-order valence-electron chi connectivity index (χ4n) is 1.82. The minimum atomic E-state index is -0.307. The zero-order chi connectivity index (χ0) is 12.8. The van der Waals surface area contributed by atoms with E-state index in [9.17, 15) is 4.39 Å².